The molecule has 0 saturated heterocycles. The van der Waals surface area contributed by atoms with Gasteiger partial charge in [-0.25, -0.2) is 9.67 Å². The van der Waals surface area contributed by atoms with Gasteiger partial charge in [0.25, 0.3) is 5.56 Å². The van der Waals surface area contributed by atoms with Crippen LogP contribution < -0.4 is 10.9 Å². The van der Waals surface area contributed by atoms with Crippen LogP contribution in [0.1, 0.15) is 23.5 Å². The van der Waals surface area contributed by atoms with Gasteiger partial charge in [0.2, 0.25) is 5.91 Å². The Morgan fingerprint density at radius 1 is 1.00 bits per heavy atom. The van der Waals surface area contributed by atoms with E-state index >= 15 is 0 Å². The number of aromatic nitrogens is 3. The van der Waals surface area contributed by atoms with E-state index in [4.69, 9.17) is 0 Å². The maximum absolute atomic E-state index is 12.9. The lowest BCUT2D eigenvalue weighted by Crippen LogP contribution is -2.33. The Labute approximate surface area is 184 Å². The molecule has 156 valence electrons. The number of thiazole rings is 1. The molecule has 0 fully saturated rings. The minimum absolute atomic E-state index is 0.317. The molecule has 0 bridgehead atoms. The fraction of sp³-hybridized carbons (Fsp3) is 0.167. The number of benzene rings is 2. The molecule has 0 aliphatic heterocycles. The Kier molecular flexibility index (Phi) is 5.77. The number of nitrogens with zero attached hydrogens (tertiary/aromatic N) is 3. The monoisotopic (exact) mass is 430 g/mol. The van der Waals surface area contributed by atoms with Crippen LogP contribution in [-0.2, 0) is 4.79 Å². The molecule has 2 heterocycles. The molecule has 7 heteroatoms. The number of anilines is 1. The number of carbonyl (C=O) groups is 1. The Bertz CT molecular complexity index is 1290. The van der Waals surface area contributed by atoms with E-state index in [1.54, 1.807) is 24.3 Å². The minimum Gasteiger partial charge on any atom is -0.324 e. The summed E-state index contributed by atoms with van der Waals surface area (Å²) in [7, 11) is 0. The molecule has 4 rings (SSSR count). The summed E-state index contributed by atoms with van der Waals surface area (Å²) in [5.74, 6) is -0.317. The predicted molar refractivity (Wildman–Crippen MR) is 124 cm³/mol. The van der Waals surface area contributed by atoms with Gasteiger partial charge in [0, 0.05) is 28.3 Å². The van der Waals surface area contributed by atoms with E-state index < -0.39 is 6.04 Å². The zero-order valence-electron chi connectivity index (χ0n) is 17.5. The highest BCUT2D eigenvalue weighted by Crippen LogP contribution is 2.24. The third kappa shape index (κ3) is 4.62. The van der Waals surface area contributed by atoms with E-state index in [1.807, 2.05) is 67.8 Å². The largest absolute Gasteiger partial charge is 0.324 e. The zero-order valence-corrected chi connectivity index (χ0v) is 18.3. The molecule has 1 N–H and O–H groups in total. The first-order valence-electron chi connectivity index (χ1n) is 9.91. The summed E-state index contributed by atoms with van der Waals surface area (Å²) in [6, 6.07) is 17.7. The van der Waals surface area contributed by atoms with Crippen molar-refractivity contribution in [1.82, 2.24) is 14.8 Å². The lowest BCUT2D eigenvalue weighted by atomic mass is 10.1. The third-order valence-electron chi connectivity index (χ3n) is 4.96. The van der Waals surface area contributed by atoms with E-state index in [0.717, 1.165) is 27.4 Å². The van der Waals surface area contributed by atoms with Crippen LogP contribution in [0.2, 0.25) is 0 Å². The number of amides is 1. The van der Waals surface area contributed by atoms with Gasteiger partial charge in [0.05, 0.1) is 16.4 Å². The summed E-state index contributed by atoms with van der Waals surface area (Å²) in [6.07, 6.45) is 0. The van der Waals surface area contributed by atoms with Crippen molar-refractivity contribution in [2.24, 2.45) is 0 Å². The van der Waals surface area contributed by atoms with Gasteiger partial charge in [0.1, 0.15) is 6.04 Å². The van der Waals surface area contributed by atoms with Crippen LogP contribution in [0.15, 0.2) is 70.8 Å². The Morgan fingerprint density at radius 3 is 2.48 bits per heavy atom. The summed E-state index contributed by atoms with van der Waals surface area (Å²) in [5, 5.41) is 10.3. The molecular formula is C24H22N4O2S. The first-order valence-corrected chi connectivity index (χ1v) is 10.8. The molecule has 1 amide bonds. The van der Waals surface area contributed by atoms with Gasteiger partial charge >= 0.3 is 0 Å². The SMILES string of the molecule is Cc1ccc(-c2ccc(=O)n(C(C)C(=O)Nc3cccc(-c4csc(C)n4)c3)n2)cc1. The highest BCUT2D eigenvalue weighted by atomic mass is 32.1. The van der Waals surface area contributed by atoms with Crippen molar-refractivity contribution in [1.29, 1.82) is 0 Å². The van der Waals surface area contributed by atoms with Crippen LogP contribution in [0, 0.1) is 13.8 Å². The van der Waals surface area contributed by atoms with Gasteiger partial charge in [-0.15, -0.1) is 11.3 Å². The van der Waals surface area contributed by atoms with Crippen molar-refractivity contribution < 1.29 is 4.79 Å². The fourth-order valence-electron chi connectivity index (χ4n) is 3.19. The maximum atomic E-state index is 12.9. The Balaban J connectivity index is 1.56. The molecule has 31 heavy (non-hydrogen) atoms. The standard InChI is InChI=1S/C24H22N4O2S/c1-15-7-9-18(10-8-15)21-11-12-23(29)28(27-21)16(2)24(30)26-20-6-4-5-19(13-20)22-14-31-17(3)25-22/h4-14,16H,1-3H3,(H,26,30). The number of nitrogens with one attached hydrogen (secondary N) is 1. The van der Waals surface area contributed by atoms with Gasteiger partial charge in [0.15, 0.2) is 0 Å². The smallest absolute Gasteiger partial charge is 0.267 e. The molecule has 6 nitrogen and oxygen atoms in total. The quantitative estimate of drug-likeness (QED) is 0.491. The lowest BCUT2D eigenvalue weighted by molar-refractivity contribution is -0.119. The van der Waals surface area contributed by atoms with Crippen molar-refractivity contribution in [3.63, 3.8) is 0 Å². The van der Waals surface area contributed by atoms with Crippen LogP contribution >= 0.6 is 11.3 Å². The first kappa shape index (κ1) is 20.7. The molecular weight excluding hydrogens is 408 g/mol. The molecule has 1 atom stereocenters. The van der Waals surface area contributed by atoms with Gasteiger partial charge < -0.3 is 5.32 Å². The second-order valence-electron chi connectivity index (χ2n) is 7.37. The van der Waals surface area contributed by atoms with Crippen molar-refractivity contribution in [2.45, 2.75) is 26.8 Å². The number of hydrogen-bond donors (Lipinski definition) is 1. The zero-order chi connectivity index (χ0) is 22.0. The van der Waals surface area contributed by atoms with Crippen molar-refractivity contribution >= 4 is 22.9 Å². The van der Waals surface area contributed by atoms with Crippen molar-refractivity contribution in [3.8, 4) is 22.5 Å². The Morgan fingerprint density at radius 2 is 1.77 bits per heavy atom. The molecule has 0 aliphatic rings. The molecule has 0 saturated carbocycles. The van der Waals surface area contributed by atoms with E-state index in [9.17, 15) is 9.59 Å². The first-order chi connectivity index (χ1) is 14.9. The van der Waals surface area contributed by atoms with E-state index in [1.165, 1.54) is 10.7 Å². The average Bonchev–Trinajstić information content (AvgIpc) is 3.21. The minimum atomic E-state index is -0.775. The van der Waals surface area contributed by atoms with Crippen LogP contribution in [0.5, 0.6) is 0 Å². The summed E-state index contributed by atoms with van der Waals surface area (Å²) in [6.45, 7) is 5.63. The van der Waals surface area contributed by atoms with Gasteiger partial charge in [-0.2, -0.15) is 5.10 Å². The van der Waals surface area contributed by atoms with E-state index in [2.05, 4.69) is 15.4 Å². The van der Waals surface area contributed by atoms with Gasteiger partial charge in [-0.05, 0) is 39.0 Å². The molecule has 0 radical (unpaired) electrons. The van der Waals surface area contributed by atoms with Gasteiger partial charge in [-0.3, -0.25) is 9.59 Å². The third-order valence-corrected chi connectivity index (χ3v) is 5.74. The predicted octanol–water partition coefficient (Wildman–Crippen LogP) is 4.85. The lowest BCUT2D eigenvalue weighted by Gasteiger charge is -2.15. The molecule has 0 spiro atoms. The van der Waals surface area contributed by atoms with Crippen LogP contribution in [-0.4, -0.2) is 20.7 Å². The molecule has 2 aromatic heterocycles. The molecule has 1 unspecified atom stereocenters. The van der Waals surface area contributed by atoms with Crippen LogP contribution in [0.3, 0.4) is 0 Å². The average molecular weight is 431 g/mol. The van der Waals surface area contributed by atoms with Crippen LogP contribution in [0.4, 0.5) is 5.69 Å². The second-order valence-corrected chi connectivity index (χ2v) is 8.43. The normalized spacial score (nSPS) is 11.8. The fourth-order valence-corrected chi connectivity index (χ4v) is 3.81. The topological polar surface area (TPSA) is 76.9 Å². The number of rotatable bonds is 5. The van der Waals surface area contributed by atoms with Crippen molar-refractivity contribution in [2.75, 3.05) is 5.32 Å². The van der Waals surface area contributed by atoms with Gasteiger partial charge in [-0.1, -0.05) is 42.0 Å². The van der Waals surface area contributed by atoms with E-state index in [-0.39, 0.29) is 11.5 Å². The number of aryl methyl sites for hydroxylation is 2. The second kappa shape index (κ2) is 8.65. The van der Waals surface area contributed by atoms with E-state index in [0.29, 0.717) is 11.4 Å². The highest BCUT2D eigenvalue weighted by molar-refractivity contribution is 7.09. The Hall–Kier alpha value is -3.58. The highest BCUT2D eigenvalue weighted by Gasteiger charge is 2.18. The number of hydrogen-bond acceptors (Lipinski definition) is 5. The molecule has 4 aromatic rings. The summed E-state index contributed by atoms with van der Waals surface area (Å²) in [4.78, 5) is 29.8. The summed E-state index contributed by atoms with van der Waals surface area (Å²) in [5.41, 5.74) is 4.77. The van der Waals surface area contributed by atoms with Crippen molar-refractivity contribution in [3.05, 3.63) is 87.0 Å². The summed E-state index contributed by atoms with van der Waals surface area (Å²) >= 11 is 1.58. The number of carbonyl (C=O) groups excluding carboxylic acids is 1. The summed E-state index contributed by atoms with van der Waals surface area (Å²) < 4.78 is 1.22. The molecule has 2 aromatic carbocycles. The van der Waals surface area contributed by atoms with Crippen LogP contribution in [0.25, 0.3) is 22.5 Å². The molecule has 0 aliphatic carbocycles. The maximum Gasteiger partial charge on any atom is 0.267 e.